The summed E-state index contributed by atoms with van der Waals surface area (Å²) in [5, 5.41) is 4.02. The van der Waals surface area contributed by atoms with Crippen molar-refractivity contribution in [2.24, 2.45) is 0 Å². The smallest absolute Gasteiger partial charge is 0.197 e. The van der Waals surface area contributed by atoms with Crippen LogP contribution in [-0.2, 0) is 6.42 Å². The van der Waals surface area contributed by atoms with E-state index in [9.17, 15) is 0 Å². The van der Waals surface area contributed by atoms with Gasteiger partial charge < -0.3 is 9.73 Å². The molecule has 1 unspecified atom stereocenters. The van der Waals surface area contributed by atoms with Crippen molar-refractivity contribution in [1.82, 2.24) is 10.3 Å². The number of para-hydroxylation sites is 2. The second-order valence-electron chi connectivity index (χ2n) is 4.64. The SMILES string of the molecule is CNC(Cc1nc2ccccc2o1)c1ccccc1Cl. The van der Waals surface area contributed by atoms with Crippen LogP contribution in [-0.4, -0.2) is 12.0 Å². The fraction of sp³-hybridized carbons (Fsp3) is 0.188. The van der Waals surface area contributed by atoms with Crippen LogP contribution in [0.25, 0.3) is 11.1 Å². The highest BCUT2D eigenvalue weighted by atomic mass is 35.5. The average Bonchev–Trinajstić information content (AvgIpc) is 2.88. The zero-order valence-corrected chi connectivity index (χ0v) is 11.9. The summed E-state index contributed by atoms with van der Waals surface area (Å²) in [4.78, 5) is 4.51. The topological polar surface area (TPSA) is 38.1 Å². The van der Waals surface area contributed by atoms with Crippen LogP contribution in [0.2, 0.25) is 5.02 Å². The first-order chi connectivity index (χ1) is 9.78. The van der Waals surface area contributed by atoms with Gasteiger partial charge in [-0.05, 0) is 30.8 Å². The van der Waals surface area contributed by atoms with E-state index >= 15 is 0 Å². The number of nitrogens with zero attached hydrogens (tertiary/aromatic N) is 1. The van der Waals surface area contributed by atoms with Crippen molar-refractivity contribution in [2.75, 3.05) is 7.05 Å². The van der Waals surface area contributed by atoms with Crippen LogP contribution < -0.4 is 5.32 Å². The number of nitrogens with one attached hydrogen (secondary N) is 1. The van der Waals surface area contributed by atoms with Gasteiger partial charge in [-0.1, -0.05) is 41.9 Å². The molecule has 1 heterocycles. The van der Waals surface area contributed by atoms with Gasteiger partial charge in [0.1, 0.15) is 5.52 Å². The zero-order valence-electron chi connectivity index (χ0n) is 11.1. The van der Waals surface area contributed by atoms with Gasteiger partial charge >= 0.3 is 0 Å². The Morgan fingerprint density at radius 3 is 2.65 bits per heavy atom. The first-order valence-electron chi connectivity index (χ1n) is 6.54. The lowest BCUT2D eigenvalue weighted by atomic mass is 10.0. The number of oxazole rings is 1. The van der Waals surface area contributed by atoms with Gasteiger partial charge in [0.2, 0.25) is 0 Å². The Balaban J connectivity index is 1.90. The highest BCUT2D eigenvalue weighted by Gasteiger charge is 2.16. The second-order valence-corrected chi connectivity index (χ2v) is 5.05. The van der Waals surface area contributed by atoms with E-state index in [0.29, 0.717) is 12.3 Å². The molecule has 0 spiro atoms. The molecule has 0 amide bonds. The largest absolute Gasteiger partial charge is 0.441 e. The molecular formula is C16H15ClN2O. The van der Waals surface area contributed by atoms with Crippen molar-refractivity contribution >= 4 is 22.7 Å². The molecule has 0 aliphatic heterocycles. The lowest BCUT2D eigenvalue weighted by Gasteiger charge is -2.16. The fourth-order valence-electron chi connectivity index (χ4n) is 2.31. The minimum atomic E-state index is 0.0803. The number of halogens is 1. The molecule has 2 aromatic carbocycles. The van der Waals surface area contributed by atoms with Gasteiger partial charge in [-0.3, -0.25) is 0 Å². The summed E-state index contributed by atoms with van der Waals surface area (Å²) in [6.45, 7) is 0. The molecule has 0 radical (unpaired) electrons. The third-order valence-corrected chi connectivity index (χ3v) is 3.69. The Bertz CT molecular complexity index is 690. The Morgan fingerprint density at radius 1 is 1.15 bits per heavy atom. The molecule has 1 aromatic heterocycles. The molecule has 0 bridgehead atoms. The van der Waals surface area contributed by atoms with Gasteiger partial charge in [0.25, 0.3) is 0 Å². The molecule has 0 aliphatic carbocycles. The number of aromatic nitrogens is 1. The lowest BCUT2D eigenvalue weighted by molar-refractivity contribution is 0.474. The van der Waals surface area contributed by atoms with Gasteiger partial charge in [0.15, 0.2) is 11.5 Å². The number of hydrogen-bond acceptors (Lipinski definition) is 3. The van der Waals surface area contributed by atoms with Gasteiger partial charge in [-0.2, -0.15) is 0 Å². The van der Waals surface area contributed by atoms with Gasteiger partial charge in [-0.25, -0.2) is 4.98 Å². The Morgan fingerprint density at radius 2 is 1.90 bits per heavy atom. The van der Waals surface area contributed by atoms with Gasteiger partial charge in [-0.15, -0.1) is 0 Å². The quantitative estimate of drug-likeness (QED) is 0.788. The normalized spacial score (nSPS) is 12.7. The summed E-state index contributed by atoms with van der Waals surface area (Å²) in [5.74, 6) is 0.713. The number of fused-ring (bicyclic) bond motifs is 1. The summed E-state index contributed by atoms with van der Waals surface area (Å²) in [5.41, 5.74) is 2.76. The monoisotopic (exact) mass is 286 g/mol. The standard InChI is InChI=1S/C16H15ClN2O/c1-18-14(11-6-2-3-7-12(11)17)10-16-19-13-8-4-5-9-15(13)20-16/h2-9,14,18H,10H2,1H3. The lowest BCUT2D eigenvalue weighted by Crippen LogP contribution is -2.19. The molecule has 4 heteroatoms. The zero-order chi connectivity index (χ0) is 13.9. The summed E-state index contributed by atoms with van der Waals surface area (Å²) >= 11 is 6.25. The molecular weight excluding hydrogens is 272 g/mol. The van der Waals surface area contributed by atoms with Crippen molar-refractivity contribution in [2.45, 2.75) is 12.5 Å². The van der Waals surface area contributed by atoms with E-state index in [-0.39, 0.29) is 6.04 Å². The van der Waals surface area contributed by atoms with Crippen LogP contribution in [0.5, 0.6) is 0 Å². The molecule has 0 saturated carbocycles. The van der Waals surface area contributed by atoms with Crippen LogP contribution >= 0.6 is 11.6 Å². The van der Waals surface area contributed by atoms with E-state index in [1.54, 1.807) is 0 Å². The molecule has 0 saturated heterocycles. The van der Waals surface area contributed by atoms with Crippen molar-refractivity contribution < 1.29 is 4.42 Å². The molecule has 102 valence electrons. The first-order valence-corrected chi connectivity index (χ1v) is 6.92. The van der Waals surface area contributed by atoms with E-state index in [4.69, 9.17) is 16.0 Å². The highest BCUT2D eigenvalue weighted by Crippen LogP contribution is 2.26. The molecule has 3 aromatic rings. The highest BCUT2D eigenvalue weighted by molar-refractivity contribution is 6.31. The molecule has 20 heavy (non-hydrogen) atoms. The van der Waals surface area contributed by atoms with Crippen LogP contribution in [0.15, 0.2) is 52.9 Å². The van der Waals surface area contributed by atoms with Crippen molar-refractivity contribution in [3.8, 4) is 0 Å². The van der Waals surface area contributed by atoms with E-state index in [1.807, 2.05) is 55.6 Å². The van der Waals surface area contributed by atoms with Gasteiger partial charge in [0, 0.05) is 17.5 Å². The minimum absolute atomic E-state index is 0.0803. The summed E-state index contributed by atoms with van der Waals surface area (Å²) in [6.07, 6.45) is 0.662. The maximum absolute atomic E-state index is 6.25. The summed E-state index contributed by atoms with van der Waals surface area (Å²) in [7, 11) is 1.91. The van der Waals surface area contributed by atoms with Crippen LogP contribution in [0.4, 0.5) is 0 Å². The molecule has 1 atom stereocenters. The molecule has 3 rings (SSSR count). The van der Waals surface area contributed by atoms with Crippen molar-refractivity contribution in [3.05, 3.63) is 65.0 Å². The Kier molecular flexibility index (Phi) is 3.72. The third-order valence-electron chi connectivity index (χ3n) is 3.35. The predicted octanol–water partition coefficient (Wildman–Crippen LogP) is 3.98. The van der Waals surface area contributed by atoms with Crippen molar-refractivity contribution in [3.63, 3.8) is 0 Å². The number of hydrogen-bond donors (Lipinski definition) is 1. The third kappa shape index (κ3) is 2.55. The van der Waals surface area contributed by atoms with Crippen molar-refractivity contribution in [1.29, 1.82) is 0 Å². The van der Waals surface area contributed by atoms with E-state index in [2.05, 4.69) is 10.3 Å². The fourth-order valence-corrected chi connectivity index (χ4v) is 2.57. The number of rotatable bonds is 4. The average molecular weight is 287 g/mol. The summed E-state index contributed by atoms with van der Waals surface area (Å²) < 4.78 is 5.77. The predicted molar refractivity (Wildman–Crippen MR) is 81.0 cm³/mol. The molecule has 0 fully saturated rings. The Labute approximate surface area is 122 Å². The van der Waals surface area contributed by atoms with Crippen LogP contribution in [0.1, 0.15) is 17.5 Å². The number of likely N-dealkylation sites (N-methyl/N-ethyl adjacent to an activating group) is 1. The second kappa shape index (κ2) is 5.65. The first kappa shape index (κ1) is 13.2. The summed E-state index contributed by atoms with van der Waals surface area (Å²) in [6, 6.07) is 15.7. The molecule has 3 nitrogen and oxygen atoms in total. The molecule has 1 N–H and O–H groups in total. The van der Waals surface area contributed by atoms with E-state index in [0.717, 1.165) is 21.7 Å². The maximum atomic E-state index is 6.25. The Hall–Kier alpha value is -1.84. The van der Waals surface area contributed by atoms with Crippen LogP contribution in [0, 0.1) is 0 Å². The molecule has 0 aliphatic rings. The van der Waals surface area contributed by atoms with E-state index < -0.39 is 0 Å². The van der Waals surface area contributed by atoms with E-state index in [1.165, 1.54) is 0 Å². The minimum Gasteiger partial charge on any atom is -0.441 e. The van der Waals surface area contributed by atoms with Gasteiger partial charge in [0.05, 0.1) is 0 Å². The maximum Gasteiger partial charge on any atom is 0.197 e. The number of benzene rings is 2. The van der Waals surface area contributed by atoms with Crippen LogP contribution in [0.3, 0.4) is 0 Å².